The molecular weight excluding hydrogens is 248 g/mol. The van der Waals surface area contributed by atoms with Crippen molar-refractivity contribution in [3.05, 3.63) is 33.9 Å². The maximum Gasteiger partial charge on any atom is 0.282 e. The Kier molecular flexibility index (Phi) is 4.86. The van der Waals surface area contributed by atoms with E-state index in [1.165, 1.54) is 6.07 Å². The Hall–Kier alpha value is -2.11. The molecule has 1 amide bonds. The Morgan fingerprint density at radius 1 is 1.47 bits per heavy atom. The number of hydrogen-bond donors (Lipinski definition) is 1. The molecule has 0 fully saturated rings. The van der Waals surface area contributed by atoms with Crippen LogP contribution in [-0.4, -0.2) is 33.4 Å². The zero-order valence-corrected chi connectivity index (χ0v) is 11.3. The molecule has 0 radical (unpaired) electrons. The molecule has 1 aromatic carbocycles. The summed E-state index contributed by atoms with van der Waals surface area (Å²) < 4.78 is 0. The summed E-state index contributed by atoms with van der Waals surface area (Å²) in [5, 5.41) is 20.4. The fraction of sp³-hybridized carbons (Fsp3) is 0.462. The van der Waals surface area contributed by atoms with Crippen molar-refractivity contribution in [2.75, 3.05) is 6.54 Å². The number of nitro groups is 1. The highest BCUT2D eigenvalue weighted by atomic mass is 16.6. The molecule has 0 spiro atoms. The number of phenols is 1. The molecular formula is C13H18N2O4. The number of aromatic hydroxyl groups is 1. The number of nitrogens with zero attached hydrogens (tertiary/aromatic N) is 2. The lowest BCUT2D eigenvalue weighted by Gasteiger charge is -2.27. The molecule has 0 saturated carbocycles. The molecule has 1 atom stereocenters. The second kappa shape index (κ2) is 6.17. The minimum atomic E-state index is -0.614. The molecule has 1 N–H and O–H groups in total. The van der Waals surface area contributed by atoms with Gasteiger partial charge in [0.05, 0.1) is 4.92 Å². The molecule has 1 unspecified atom stereocenters. The highest BCUT2D eigenvalue weighted by Gasteiger charge is 2.26. The largest absolute Gasteiger partial charge is 0.508 e. The lowest BCUT2D eigenvalue weighted by atomic mass is 10.1. The normalized spacial score (nSPS) is 11.9. The molecule has 6 nitrogen and oxygen atoms in total. The third-order valence-electron chi connectivity index (χ3n) is 3.13. The van der Waals surface area contributed by atoms with Crippen molar-refractivity contribution in [2.45, 2.75) is 33.2 Å². The van der Waals surface area contributed by atoms with Gasteiger partial charge in [-0.05, 0) is 32.4 Å². The van der Waals surface area contributed by atoms with Crippen LogP contribution in [0.15, 0.2) is 18.2 Å². The molecule has 19 heavy (non-hydrogen) atoms. The van der Waals surface area contributed by atoms with Crippen LogP contribution in [-0.2, 0) is 0 Å². The van der Waals surface area contributed by atoms with Crippen LogP contribution in [0.25, 0.3) is 0 Å². The second-order valence-electron chi connectivity index (χ2n) is 4.31. The van der Waals surface area contributed by atoms with E-state index >= 15 is 0 Å². The monoisotopic (exact) mass is 266 g/mol. The van der Waals surface area contributed by atoms with Gasteiger partial charge >= 0.3 is 0 Å². The minimum Gasteiger partial charge on any atom is -0.508 e. The average molecular weight is 266 g/mol. The standard InChI is InChI=1S/C13H18N2O4/c1-4-9(3)14(5-2)13(17)11-8-10(16)6-7-12(11)15(18)19/h6-9,16H,4-5H2,1-3H3. The van der Waals surface area contributed by atoms with Crippen molar-refractivity contribution in [2.24, 2.45) is 0 Å². The molecule has 0 aliphatic heterocycles. The fourth-order valence-corrected chi connectivity index (χ4v) is 1.89. The number of phenolic OH excluding ortho intramolecular Hbond substituents is 1. The summed E-state index contributed by atoms with van der Waals surface area (Å²) in [6.45, 7) is 6.10. The van der Waals surface area contributed by atoms with Gasteiger partial charge in [-0.3, -0.25) is 14.9 Å². The quantitative estimate of drug-likeness (QED) is 0.655. The van der Waals surface area contributed by atoms with E-state index < -0.39 is 10.8 Å². The van der Waals surface area contributed by atoms with E-state index in [1.54, 1.807) is 4.90 Å². The second-order valence-corrected chi connectivity index (χ2v) is 4.31. The van der Waals surface area contributed by atoms with Gasteiger partial charge < -0.3 is 10.0 Å². The molecule has 0 aliphatic rings. The molecule has 0 aromatic heterocycles. The maximum atomic E-state index is 12.4. The first-order chi connectivity index (χ1) is 8.92. The topological polar surface area (TPSA) is 83.7 Å². The predicted octanol–water partition coefficient (Wildman–Crippen LogP) is 2.56. The van der Waals surface area contributed by atoms with E-state index in [1.807, 2.05) is 20.8 Å². The number of nitro benzene ring substituents is 1. The first-order valence-electron chi connectivity index (χ1n) is 6.20. The molecule has 6 heteroatoms. The van der Waals surface area contributed by atoms with Gasteiger partial charge in [0.2, 0.25) is 0 Å². The van der Waals surface area contributed by atoms with E-state index in [2.05, 4.69) is 0 Å². The Morgan fingerprint density at radius 2 is 2.11 bits per heavy atom. The van der Waals surface area contributed by atoms with Crippen LogP contribution in [0.3, 0.4) is 0 Å². The highest BCUT2D eigenvalue weighted by Crippen LogP contribution is 2.25. The van der Waals surface area contributed by atoms with E-state index in [0.29, 0.717) is 6.54 Å². The van der Waals surface area contributed by atoms with Crippen molar-refractivity contribution >= 4 is 11.6 Å². The highest BCUT2D eigenvalue weighted by molar-refractivity contribution is 5.98. The SMILES string of the molecule is CCC(C)N(CC)C(=O)c1cc(O)ccc1[N+](=O)[O-]. The van der Waals surface area contributed by atoms with Crippen molar-refractivity contribution < 1.29 is 14.8 Å². The van der Waals surface area contributed by atoms with Crippen LogP contribution in [0.5, 0.6) is 5.75 Å². The molecule has 0 heterocycles. The molecule has 104 valence electrons. The van der Waals surface area contributed by atoms with Crippen LogP contribution >= 0.6 is 0 Å². The molecule has 0 saturated heterocycles. The first-order valence-corrected chi connectivity index (χ1v) is 6.20. The number of hydrogen-bond acceptors (Lipinski definition) is 4. The fourth-order valence-electron chi connectivity index (χ4n) is 1.89. The van der Waals surface area contributed by atoms with Crippen LogP contribution in [0.2, 0.25) is 0 Å². The zero-order valence-electron chi connectivity index (χ0n) is 11.3. The van der Waals surface area contributed by atoms with Crippen LogP contribution in [0.1, 0.15) is 37.6 Å². The number of carbonyl (C=O) groups excluding carboxylic acids is 1. The average Bonchev–Trinajstić information content (AvgIpc) is 2.38. The molecule has 0 aliphatic carbocycles. The van der Waals surface area contributed by atoms with Gasteiger partial charge in [-0.15, -0.1) is 0 Å². The summed E-state index contributed by atoms with van der Waals surface area (Å²) in [6.07, 6.45) is 0.756. The van der Waals surface area contributed by atoms with Crippen molar-refractivity contribution in [1.82, 2.24) is 4.90 Å². The van der Waals surface area contributed by atoms with Crippen molar-refractivity contribution in [1.29, 1.82) is 0 Å². The first kappa shape index (κ1) is 14.9. The van der Waals surface area contributed by atoms with Gasteiger partial charge in [0, 0.05) is 18.7 Å². The van der Waals surface area contributed by atoms with Crippen LogP contribution in [0.4, 0.5) is 5.69 Å². The smallest absolute Gasteiger partial charge is 0.282 e. The summed E-state index contributed by atoms with van der Waals surface area (Å²) in [5.74, 6) is -0.589. The van der Waals surface area contributed by atoms with Crippen LogP contribution < -0.4 is 0 Å². The van der Waals surface area contributed by atoms with Gasteiger partial charge in [-0.2, -0.15) is 0 Å². The molecule has 0 bridgehead atoms. The summed E-state index contributed by atoms with van der Waals surface area (Å²) in [7, 11) is 0. The van der Waals surface area contributed by atoms with E-state index in [0.717, 1.165) is 18.6 Å². The minimum absolute atomic E-state index is 0.0144. The maximum absolute atomic E-state index is 12.4. The Bertz CT molecular complexity index is 488. The summed E-state index contributed by atoms with van der Waals surface area (Å²) in [6, 6.07) is 3.48. The van der Waals surface area contributed by atoms with E-state index in [4.69, 9.17) is 0 Å². The van der Waals surface area contributed by atoms with Gasteiger partial charge in [0.15, 0.2) is 0 Å². The van der Waals surface area contributed by atoms with Gasteiger partial charge in [-0.1, -0.05) is 6.92 Å². The number of amides is 1. The Labute approximate surface area is 111 Å². The summed E-state index contributed by atoms with van der Waals surface area (Å²) in [5.41, 5.74) is -0.364. The lowest BCUT2D eigenvalue weighted by molar-refractivity contribution is -0.385. The number of rotatable bonds is 5. The zero-order chi connectivity index (χ0) is 14.6. The van der Waals surface area contributed by atoms with Crippen LogP contribution in [0, 0.1) is 10.1 Å². The number of benzene rings is 1. The molecule has 1 aromatic rings. The van der Waals surface area contributed by atoms with E-state index in [9.17, 15) is 20.0 Å². The summed E-state index contributed by atoms with van der Waals surface area (Å²) in [4.78, 5) is 24.2. The Morgan fingerprint density at radius 3 is 2.58 bits per heavy atom. The Balaban J connectivity index is 3.24. The van der Waals surface area contributed by atoms with Crippen molar-refractivity contribution in [3.63, 3.8) is 0 Å². The van der Waals surface area contributed by atoms with Gasteiger partial charge in [0.25, 0.3) is 11.6 Å². The van der Waals surface area contributed by atoms with Gasteiger partial charge in [0.1, 0.15) is 11.3 Å². The third kappa shape index (κ3) is 3.21. The lowest BCUT2D eigenvalue weighted by Crippen LogP contribution is -2.38. The molecule has 1 rings (SSSR count). The van der Waals surface area contributed by atoms with E-state index in [-0.39, 0.29) is 23.0 Å². The predicted molar refractivity (Wildman–Crippen MR) is 71.2 cm³/mol. The van der Waals surface area contributed by atoms with Gasteiger partial charge in [-0.25, -0.2) is 0 Å². The van der Waals surface area contributed by atoms with Crippen molar-refractivity contribution in [3.8, 4) is 5.75 Å². The number of carbonyl (C=O) groups is 1. The summed E-state index contributed by atoms with van der Waals surface area (Å²) >= 11 is 0. The third-order valence-corrected chi connectivity index (χ3v) is 3.13.